The number of fused-ring (bicyclic) bond motifs is 4. The van der Waals surface area contributed by atoms with E-state index in [4.69, 9.17) is 0 Å². The van der Waals surface area contributed by atoms with Gasteiger partial charge in [-0.2, -0.15) is 0 Å². The Kier molecular flexibility index (Phi) is 8.24. The molecule has 0 bridgehead atoms. The zero-order valence-corrected chi connectivity index (χ0v) is 30.3. The fourth-order valence-corrected chi connectivity index (χ4v) is 8.14. The van der Waals surface area contributed by atoms with E-state index >= 15 is 0 Å². The summed E-state index contributed by atoms with van der Waals surface area (Å²) in [4.78, 5) is 2.47. The van der Waals surface area contributed by atoms with E-state index in [0.717, 1.165) is 22.6 Å². The van der Waals surface area contributed by atoms with Crippen molar-refractivity contribution in [2.45, 2.75) is 0 Å². The van der Waals surface area contributed by atoms with E-state index in [1.807, 2.05) is 0 Å². The zero-order chi connectivity index (χ0) is 36.6. The first-order valence-electron chi connectivity index (χ1n) is 18.9. The fraction of sp³-hybridized carbons (Fsp3) is 0. The first-order valence-corrected chi connectivity index (χ1v) is 18.9. The van der Waals surface area contributed by atoms with Crippen molar-refractivity contribution in [3.63, 3.8) is 0 Å². The van der Waals surface area contributed by atoms with Gasteiger partial charge in [0.1, 0.15) is 0 Å². The smallest absolute Gasteiger partial charge is 0.0546 e. The second-order valence-corrected chi connectivity index (χ2v) is 14.1. The lowest BCUT2D eigenvalue weighted by molar-refractivity contribution is 1.30. The van der Waals surface area contributed by atoms with Crippen molar-refractivity contribution in [3.8, 4) is 44.5 Å². The summed E-state index contributed by atoms with van der Waals surface area (Å²) in [6, 6.07) is 81.6. The Morgan fingerprint density at radius 1 is 0.236 bits per heavy atom. The van der Waals surface area contributed by atoms with Crippen LogP contribution in [0.2, 0.25) is 0 Å². The maximum Gasteiger partial charge on any atom is 0.0546 e. The van der Waals surface area contributed by atoms with Crippen LogP contribution in [-0.4, -0.2) is 0 Å². The maximum absolute atomic E-state index is 2.47. The first kappa shape index (κ1) is 32.4. The third-order valence-corrected chi connectivity index (χ3v) is 10.8. The molecule has 10 aromatic carbocycles. The third kappa shape index (κ3) is 6.02. The van der Waals surface area contributed by atoms with E-state index in [1.54, 1.807) is 0 Å². The van der Waals surface area contributed by atoms with Crippen LogP contribution in [-0.2, 0) is 0 Å². The Morgan fingerprint density at radius 2 is 0.782 bits per heavy atom. The molecule has 0 saturated heterocycles. The van der Waals surface area contributed by atoms with Crippen LogP contribution in [0.3, 0.4) is 0 Å². The molecule has 0 aromatic heterocycles. The van der Waals surface area contributed by atoms with Gasteiger partial charge >= 0.3 is 0 Å². The van der Waals surface area contributed by atoms with Gasteiger partial charge < -0.3 is 4.90 Å². The fourth-order valence-electron chi connectivity index (χ4n) is 8.14. The number of anilines is 3. The van der Waals surface area contributed by atoms with Crippen molar-refractivity contribution < 1.29 is 0 Å². The summed E-state index contributed by atoms with van der Waals surface area (Å²) >= 11 is 0. The summed E-state index contributed by atoms with van der Waals surface area (Å²) in [7, 11) is 0. The van der Waals surface area contributed by atoms with E-state index in [2.05, 4.69) is 229 Å². The number of rotatable bonds is 7. The number of para-hydroxylation sites is 1. The summed E-state index contributed by atoms with van der Waals surface area (Å²) in [6.45, 7) is 0. The molecule has 55 heavy (non-hydrogen) atoms. The second kappa shape index (κ2) is 14.0. The Hall–Kier alpha value is -7.22. The van der Waals surface area contributed by atoms with Gasteiger partial charge in [0.25, 0.3) is 0 Å². The van der Waals surface area contributed by atoms with E-state index in [-0.39, 0.29) is 0 Å². The lowest BCUT2D eigenvalue weighted by Crippen LogP contribution is -2.12. The molecular weight excluding hydrogens is 663 g/mol. The van der Waals surface area contributed by atoms with Crippen molar-refractivity contribution in [2.24, 2.45) is 0 Å². The number of hydrogen-bond donors (Lipinski definition) is 0. The Balaban J connectivity index is 1.20. The highest BCUT2D eigenvalue weighted by molar-refractivity contribution is 6.15. The van der Waals surface area contributed by atoms with Crippen molar-refractivity contribution in [1.82, 2.24) is 0 Å². The normalized spacial score (nSPS) is 11.3. The van der Waals surface area contributed by atoms with E-state index in [1.165, 1.54) is 71.3 Å². The Morgan fingerprint density at radius 3 is 1.56 bits per heavy atom. The minimum absolute atomic E-state index is 1.10. The molecule has 0 aliphatic carbocycles. The standard InChI is InChI=1S/C54H37N/c1-3-15-38(16-4-1)44-31-34-49(52(36-44)41-18-5-2-6-19-41)50-24-13-14-26-53(50)55(54-37-45-21-9-10-22-47(45)48-23-11-12-25-51(48)54)46-32-29-40(30-33-46)43-28-27-39-17-7-8-20-42(39)35-43/h1-37H. The van der Waals surface area contributed by atoms with Gasteiger partial charge in [0, 0.05) is 16.6 Å². The molecule has 0 fully saturated rings. The lowest BCUT2D eigenvalue weighted by Gasteiger charge is -2.30. The molecule has 0 radical (unpaired) electrons. The van der Waals surface area contributed by atoms with Gasteiger partial charge in [-0.25, -0.2) is 0 Å². The first-order chi connectivity index (χ1) is 27.3. The van der Waals surface area contributed by atoms with Gasteiger partial charge in [-0.15, -0.1) is 0 Å². The molecule has 0 spiro atoms. The van der Waals surface area contributed by atoms with Crippen LogP contribution in [0.15, 0.2) is 224 Å². The van der Waals surface area contributed by atoms with E-state index in [9.17, 15) is 0 Å². The second-order valence-electron chi connectivity index (χ2n) is 14.1. The van der Waals surface area contributed by atoms with Gasteiger partial charge in [-0.3, -0.25) is 0 Å². The summed E-state index contributed by atoms with van der Waals surface area (Å²) in [6.07, 6.45) is 0. The van der Waals surface area contributed by atoms with Crippen LogP contribution in [0.4, 0.5) is 17.1 Å². The van der Waals surface area contributed by atoms with Crippen LogP contribution in [0.1, 0.15) is 0 Å². The van der Waals surface area contributed by atoms with Crippen molar-refractivity contribution in [2.75, 3.05) is 4.90 Å². The number of benzene rings is 10. The van der Waals surface area contributed by atoms with E-state index < -0.39 is 0 Å². The Labute approximate surface area is 322 Å². The van der Waals surface area contributed by atoms with Crippen molar-refractivity contribution >= 4 is 49.4 Å². The van der Waals surface area contributed by atoms with Gasteiger partial charge in [-0.05, 0) is 102 Å². The predicted octanol–water partition coefficient (Wildman–Crippen LogP) is 15.3. The van der Waals surface area contributed by atoms with Gasteiger partial charge in [-0.1, -0.05) is 188 Å². The molecule has 0 aliphatic rings. The lowest BCUT2D eigenvalue weighted by atomic mass is 9.89. The van der Waals surface area contributed by atoms with Gasteiger partial charge in [0.2, 0.25) is 0 Å². The minimum Gasteiger partial charge on any atom is -0.309 e. The zero-order valence-electron chi connectivity index (χ0n) is 30.3. The minimum atomic E-state index is 1.10. The number of nitrogens with zero attached hydrogens (tertiary/aromatic N) is 1. The largest absolute Gasteiger partial charge is 0.309 e. The molecule has 0 amide bonds. The monoisotopic (exact) mass is 699 g/mol. The van der Waals surface area contributed by atoms with Crippen LogP contribution >= 0.6 is 0 Å². The predicted molar refractivity (Wildman–Crippen MR) is 235 cm³/mol. The average Bonchev–Trinajstić information content (AvgIpc) is 3.27. The topological polar surface area (TPSA) is 3.24 Å². The molecular formula is C54H37N. The summed E-state index contributed by atoms with van der Waals surface area (Å²) in [5.41, 5.74) is 12.9. The summed E-state index contributed by atoms with van der Waals surface area (Å²) in [5.74, 6) is 0. The number of hydrogen-bond acceptors (Lipinski definition) is 1. The molecule has 258 valence electrons. The summed E-state index contributed by atoms with van der Waals surface area (Å²) in [5, 5.41) is 7.41. The molecule has 0 heterocycles. The van der Waals surface area contributed by atoms with Gasteiger partial charge in [0.15, 0.2) is 0 Å². The average molecular weight is 700 g/mol. The summed E-state index contributed by atoms with van der Waals surface area (Å²) < 4.78 is 0. The molecule has 0 aliphatic heterocycles. The van der Waals surface area contributed by atoms with Crippen LogP contribution < -0.4 is 4.90 Å². The molecule has 0 saturated carbocycles. The van der Waals surface area contributed by atoms with Crippen molar-refractivity contribution in [3.05, 3.63) is 224 Å². The Bertz CT molecular complexity index is 2960. The highest BCUT2D eigenvalue weighted by Crippen LogP contribution is 2.47. The van der Waals surface area contributed by atoms with Crippen molar-refractivity contribution in [1.29, 1.82) is 0 Å². The molecule has 0 atom stereocenters. The quantitative estimate of drug-likeness (QED) is 0.150. The highest BCUT2D eigenvalue weighted by Gasteiger charge is 2.22. The maximum atomic E-state index is 2.47. The van der Waals surface area contributed by atoms with Crippen LogP contribution in [0.25, 0.3) is 76.8 Å². The van der Waals surface area contributed by atoms with E-state index in [0.29, 0.717) is 0 Å². The van der Waals surface area contributed by atoms with Crippen LogP contribution in [0.5, 0.6) is 0 Å². The molecule has 10 rings (SSSR count). The molecule has 10 aromatic rings. The molecule has 0 unspecified atom stereocenters. The molecule has 0 N–H and O–H groups in total. The molecule has 1 heteroatoms. The molecule has 1 nitrogen and oxygen atoms in total. The SMILES string of the molecule is c1ccc(-c2ccc(-c3ccccc3N(c3ccc(-c4ccc5ccccc5c4)cc3)c3cc4ccccc4c4ccccc34)c(-c3ccccc3)c2)cc1. The highest BCUT2D eigenvalue weighted by atomic mass is 15.1. The van der Waals surface area contributed by atoms with Gasteiger partial charge in [0.05, 0.1) is 11.4 Å². The third-order valence-electron chi connectivity index (χ3n) is 10.8. The van der Waals surface area contributed by atoms with Crippen LogP contribution in [0, 0.1) is 0 Å².